The van der Waals surface area contributed by atoms with Crippen LogP contribution in [0.1, 0.15) is 23.4 Å². The van der Waals surface area contributed by atoms with Gasteiger partial charge in [-0.1, -0.05) is 12.1 Å². The second kappa shape index (κ2) is 6.76. The van der Waals surface area contributed by atoms with E-state index in [-0.39, 0.29) is 24.2 Å². The van der Waals surface area contributed by atoms with E-state index in [2.05, 4.69) is 31.4 Å². The van der Waals surface area contributed by atoms with Gasteiger partial charge in [-0.15, -0.1) is 0 Å². The highest BCUT2D eigenvalue weighted by Crippen LogP contribution is 2.31. The summed E-state index contributed by atoms with van der Waals surface area (Å²) in [5, 5.41) is 9.95. The molecule has 1 aromatic heterocycles. The molecule has 0 unspecified atom stereocenters. The van der Waals surface area contributed by atoms with Gasteiger partial charge in [0.2, 0.25) is 11.8 Å². The molecule has 2 heterocycles. The first-order valence-electron chi connectivity index (χ1n) is 7.80. The first-order valence-corrected chi connectivity index (χ1v) is 8.59. The standard InChI is InChI=1S/C17H19BrN4O2/c1-10-13(11(2)21-20-10)8-19-17(24)12-7-16(23)22(9-12)15-6-4-3-5-14(15)18/h3-6,12H,7-9H2,1-2H3,(H,19,24)(H,20,21)/t12-/m0/s1. The molecule has 1 aliphatic heterocycles. The fraction of sp³-hybridized carbons (Fsp3) is 0.353. The highest BCUT2D eigenvalue weighted by atomic mass is 79.9. The van der Waals surface area contributed by atoms with Crippen molar-refractivity contribution in [3.63, 3.8) is 0 Å². The number of rotatable bonds is 4. The van der Waals surface area contributed by atoms with Crippen LogP contribution in [0.5, 0.6) is 0 Å². The predicted octanol–water partition coefficient (Wildman–Crippen LogP) is 2.46. The average molecular weight is 391 g/mol. The number of aryl methyl sites for hydroxylation is 2. The van der Waals surface area contributed by atoms with Gasteiger partial charge in [-0.3, -0.25) is 14.7 Å². The Bertz CT molecular complexity index is 767. The summed E-state index contributed by atoms with van der Waals surface area (Å²) in [6.45, 7) is 4.65. The van der Waals surface area contributed by atoms with Gasteiger partial charge in [0.05, 0.1) is 17.3 Å². The number of aromatic nitrogens is 2. The molecule has 126 valence electrons. The van der Waals surface area contributed by atoms with Gasteiger partial charge in [0.15, 0.2) is 0 Å². The lowest BCUT2D eigenvalue weighted by Crippen LogP contribution is -2.32. The lowest BCUT2D eigenvalue weighted by molar-refractivity contribution is -0.126. The molecule has 1 atom stereocenters. The highest BCUT2D eigenvalue weighted by molar-refractivity contribution is 9.10. The van der Waals surface area contributed by atoms with Gasteiger partial charge in [-0.05, 0) is 41.9 Å². The SMILES string of the molecule is Cc1n[nH]c(C)c1CNC(=O)[C@H]1CC(=O)N(c2ccccc2Br)C1. The Morgan fingerprint density at radius 1 is 1.42 bits per heavy atom. The molecule has 1 saturated heterocycles. The van der Waals surface area contributed by atoms with E-state index >= 15 is 0 Å². The molecule has 0 bridgehead atoms. The average Bonchev–Trinajstić information content (AvgIpc) is 3.09. The second-order valence-corrected chi connectivity index (χ2v) is 6.84. The van der Waals surface area contributed by atoms with Crippen LogP contribution < -0.4 is 10.2 Å². The number of halogens is 1. The molecule has 7 heteroatoms. The van der Waals surface area contributed by atoms with Crippen LogP contribution in [-0.2, 0) is 16.1 Å². The van der Waals surface area contributed by atoms with Crippen LogP contribution in [0, 0.1) is 19.8 Å². The number of carbonyl (C=O) groups excluding carboxylic acids is 2. The van der Waals surface area contributed by atoms with Crippen LogP contribution >= 0.6 is 15.9 Å². The molecule has 1 aliphatic rings. The first-order chi connectivity index (χ1) is 11.5. The number of hydrogen-bond acceptors (Lipinski definition) is 3. The van der Waals surface area contributed by atoms with E-state index in [1.807, 2.05) is 38.1 Å². The number of amides is 2. The summed E-state index contributed by atoms with van der Waals surface area (Å²) >= 11 is 3.46. The number of nitrogens with one attached hydrogen (secondary N) is 2. The molecule has 0 spiro atoms. The zero-order valence-corrected chi connectivity index (χ0v) is 15.2. The Labute approximate surface area is 148 Å². The summed E-state index contributed by atoms with van der Waals surface area (Å²) in [6, 6.07) is 7.54. The van der Waals surface area contributed by atoms with E-state index in [0.717, 1.165) is 27.1 Å². The number of carbonyl (C=O) groups is 2. The van der Waals surface area contributed by atoms with Crippen molar-refractivity contribution in [1.29, 1.82) is 0 Å². The summed E-state index contributed by atoms with van der Waals surface area (Å²) in [5.74, 6) is -0.465. The zero-order valence-electron chi connectivity index (χ0n) is 13.6. The predicted molar refractivity (Wildman–Crippen MR) is 94.5 cm³/mol. The molecule has 1 aromatic carbocycles. The summed E-state index contributed by atoms with van der Waals surface area (Å²) in [7, 11) is 0. The lowest BCUT2D eigenvalue weighted by Gasteiger charge is -2.18. The summed E-state index contributed by atoms with van der Waals surface area (Å²) in [4.78, 5) is 26.4. The van der Waals surface area contributed by atoms with E-state index in [9.17, 15) is 9.59 Å². The molecule has 2 aromatic rings. The van der Waals surface area contributed by atoms with E-state index in [0.29, 0.717) is 13.1 Å². The number of H-pyrrole nitrogens is 1. The maximum Gasteiger partial charge on any atom is 0.227 e. The third-order valence-corrected chi connectivity index (χ3v) is 5.03. The van der Waals surface area contributed by atoms with Gasteiger partial charge in [-0.2, -0.15) is 5.10 Å². The maximum absolute atomic E-state index is 12.4. The van der Waals surface area contributed by atoms with Gasteiger partial charge in [0, 0.05) is 35.2 Å². The van der Waals surface area contributed by atoms with Crippen LogP contribution in [0.3, 0.4) is 0 Å². The Morgan fingerprint density at radius 2 is 2.17 bits per heavy atom. The number of para-hydroxylation sites is 1. The Morgan fingerprint density at radius 3 is 2.83 bits per heavy atom. The normalized spacial score (nSPS) is 17.4. The van der Waals surface area contributed by atoms with Crippen molar-refractivity contribution >= 4 is 33.4 Å². The first kappa shape index (κ1) is 16.7. The van der Waals surface area contributed by atoms with Crippen molar-refractivity contribution in [3.8, 4) is 0 Å². The third-order valence-electron chi connectivity index (χ3n) is 4.36. The van der Waals surface area contributed by atoms with Gasteiger partial charge in [0.25, 0.3) is 0 Å². The molecule has 0 saturated carbocycles. The topological polar surface area (TPSA) is 78.1 Å². The summed E-state index contributed by atoms with van der Waals surface area (Å²) in [6.07, 6.45) is 0.233. The monoisotopic (exact) mass is 390 g/mol. The molecule has 0 radical (unpaired) electrons. The number of aromatic amines is 1. The Hall–Kier alpha value is -2.15. The van der Waals surface area contributed by atoms with Crippen molar-refractivity contribution in [2.45, 2.75) is 26.8 Å². The van der Waals surface area contributed by atoms with Gasteiger partial charge < -0.3 is 10.2 Å². The van der Waals surface area contributed by atoms with Gasteiger partial charge in [0.1, 0.15) is 0 Å². The Kier molecular flexibility index (Phi) is 4.71. The third kappa shape index (κ3) is 3.21. The molecule has 2 N–H and O–H groups in total. The minimum atomic E-state index is -0.336. The highest BCUT2D eigenvalue weighted by Gasteiger charge is 2.35. The fourth-order valence-electron chi connectivity index (χ4n) is 2.94. The smallest absolute Gasteiger partial charge is 0.227 e. The summed E-state index contributed by atoms with van der Waals surface area (Å²) < 4.78 is 0.851. The molecule has 6 nitrogen and oxygen atoms in total. The van der Waals surface area contributed by atoms with Crippen molar-refractivity contribution in [1.82, 2.24) is 15.5 Å². The number of anilines is 1. The quantitative estimate of drug-likeness (QED) is 0.841. The van der Waals surface area contributed by atoms with E-state index in [1.54, 1.807) is 4.90 Å². The molecule has 0 aliphatic carbocycles. The second-order valence-electron chi connectivity index (χ2n) is 5.99. The number of benzene rings is 1. The van der Waals surface area contributed by atoms with Crippen molar-refractivity contribution in [2.24, 2.45) is 5.92 Å². The maximum atomic E-state index is 12.4. The van der Waals surface area contributed by atoms with E-state index < -0.39 is 0 Å². The Balaban J connectivity index is 1.65. The number of hydrogen-bond donors (Lipinski definition) is 2. The van der Waals surface area contributed by atoms with Crippen molar-refractivity contribution in [3.05, 3.63) is 45.7 Å². The molecule has 1 fully saturated rings. The van der Waals surface area contributed by atoms with Gasteiger partial charge in [-0.25, -0.2) is 0 Å². The van der Waals surface area contributed by atoms with E-state index in [1.165, 1.54) is 0 Å². The largest absolute Gasteiger partial charge is 0.352 e. The summed E-state index contributed by atoms with van der Waals surface area (Å²) in [5.41, 5.74) is 3.63. The molecule has 2 amide bonds. The lowest BCUT2D eigenvalue weighted by atomic mass is 10.1. The van der Waals surface area contributed by atoms with Gasteiger partial charge >= 0.3 is 0 Å². The van der Waals surface area contributed by atoms with Crippen LogP contribution in [0.15, 0.2) is 28.7 Å². The fourth-order valence-corrected chi connectivity index (χ4v) is 3.44. The molecular weight excluding hydrogens is 372 g/mol. The van der Waals surface area contributed by atoms with Crippen molar-refractivity contribution < 1.29 is 9.59 Å². The van der Waals surface area contributed by atoms with E-state index in [4.69, 9.17) is 0 Å². The van der Waals surface area contributed by atoms with Crippen LogP contribution in [0.4, 0.5) is 5.69 Å². The number of nitrogens with zero attached hydrogens (tertiary/aromatic N) is 2. The minimum absolute atomic E-state index is 0.0299. The van der Waals surface area contributed by atoms with Crippen molar-refractivity contribution in [2.75, 3.05) is 11.4 Å². The minimum Gasteiger partial charge on any atom is -0.352 e. The molecular formula is C17H19BrN4O2. The van der Waals surface area contributed by atoms with Crippen LogP contribution in [0.25, 0.3) is 0 Å². The zero-order chi connectivity index (χ0) is 17.3. The molecule has 3 rings (SSSR count). The molecule has 24 heavy (non-hydrogen) atoms. The van der Waals surface area contributed by atoms with Crippen LogP contribution in [0.2, 0.25) is 0 Å². The van der Waals surface area contributed by atoms with Crippen LogP contribution in [-0.4, -0.2) is 28.6 Å².